The van der Waals surface area contributed by atoms with Gasteiger partial charge in [-0.05, 0) is 31.2 Å². The molecule has 4 nitrogen and oxygen atoms in total. The predicted molar refractivity (Wildman–Crippen MR) is 76.2 cm³/mol. The van der Waals surface area contributed by atoms with Crippen LogP contribution >= 0.6 is 11.8 Å². The van der Waals surface area contributed by atoms with Gasteiger partial charge < -0.3 is 10.6 Å². The van der Waals surface area contributed by atoms with Gasteiger partial charge in [0.25, 0.3) is 5.91 Å². The molecule has 0 aromatic carbocycles. The monoisotopic (exact) mass is 265 g/mol. The van der Waals surface area contributed by atoms with Crippen molar-refractivity contribution in [3.8, 4) is 0 Å². The van der Waals surface area contributed by atoms with E-state index in [9.17, 15) is 4.79 Å². The Morgan fingerprint density at radius 1 is 1.56 bits per heavy atom. The van der Waals surface area contributed by atoms with Gasteiger partial charge in [-0.15, -0.1) is 0 Å². The molecule has 1 aliphatic rings. The molecular formula is C13H19N3OS. The minimum absolute atomic E-state index is 0.0996. The van der Waals surface area contributed by atoms with E-state index in [0.29, 0.717) is 16.1 Å². The maximum atomic E-state index is 11.7. The van der Waals surface area contributed by atoms with Gasteiger partial charge in [0.05, 0.1) is 5.56 Å². The van der Waals surface area contributed by atoms with Crippen molar-refractivity contribution in [2.24, 2.45) is 0 Å². The van der Waals surface area contributed by atoms with Crippen LogP contribution in [0, 0.1) is 0 Å². The van der Waals surface area contributed by atoms with E-state index in [1.54, 1.807) is 25.4 Å². The highest BCUT2D eigenvalue weighted by atomic mass is 32.2. The maximum absolute atomic E-state index is 11.7. The average Bonchev–Trinajstić information content (AvgIpc) is 2.37. The number of carbonyl (C=O) groups excluding carboxylic acids is 1. The molecule has 2 N–H and O–H groups in total. The van der Waals surface area contributed by atoms with Crippen LogP contribution in [0.3, 0.4) is 0 Å². The Labute approximate surface area is 112 Å². The number of anilines is 1. The van der Waals surface area contributed by atoms with Gasteiger partial charge in [0.1, 0.15) is 5.82 Å². The van der Waals surface area contributed by atoms with Crippen molar-refractivity contribution in [1.29, 1.82) is 0 Å². The first-order valence-corrected chi connectivity index (χ1v) is 7.39. The summed E-state index contributed by atoms with van der Waals surface area (Å²) >= 11 is 1.91. The molecule has 98 valence electrons. The quantitative estimate of drug-likeness (QED) is 0.856. The van der Waals surface area contributed by atoms with Gasteiger partial charge in [0, 0.05) is 24.5 Å². The van der Waals surface area contributed by atoms with Crippen molar-refractivity contribution in [2.75, 3.05) is 25.2 Å². The molecule has 0 atom stereocenters. The van der Waals surface area contributed by atoms with Crippen LogP contribution in [0.2, 0.25) is 0 Å². The standard InChI is InChI=1S/C13H19N3OS/c1-14-12(17)10-5-3-8-15-11(10)16-9-13(18-2)6-4-7-13/h3,5,8H,4,6-7,9H2,1-2H3,(H,14,17)(H,15,16). The van der Waals surface area contributed by atoms with Crippen LogP contribution in [-0.2, 0) is 0 Å². The normalized spacial score (nSPS) is 16.8. The highest BCUT2D eigenvalue weighted by Crippen LogP contribution is 2.42. The molecule has 1 amide bonds. The first-order chi connectivity index (χ1) is 8.71. The van der Waals surface area contributed by atoms with E-state index in [1.807, 2.05) is 11.8 Å². The van der Waals surface area contributed by atoms with E-state index in [0.717, 1.165) is 6.54 Å². The fourth-order valence-corrected chi connectivity index (χ4v) is 3.05. The molecule has 0 bridgehead atoms. The van der Waals surface area contributed by atoms with Crippen LogP contribution in [0.25, 0.3) is 0 Å². The van der Waals surface area contributed by atoms with E-state index in [1.165, 1.54) is 19.3 Å². The molecule has 1 fully saturated rings. The van der Waals surface area contributed by atoms with Crippen LogP contribution in [0.15, 0.2) is 18.3 Å². The molecule has 18 heavy (non-hydrogen) atoms. The van der Waals surface area contributed by atoms with E-state index < -0.39 is 0 Å². The summed E-state index contributed by atoms with van der Waals surface area (Å²) in [4.78, 5) is 16.0. The number of pyridine rings is 1. The third-order valence-electron chi connectivity index (χ3n) is 3.56. The van der Waals surface area contributed by atoms with Crippen LogP contribution in [0.1, 0.15) is 29.6 Å². The van der Waals surface area contributed by atoms with Gasteiger partial charge in [-0.2, -0.15) is 11.8 Å². The van der Waals surface area contributed by atoms with E-state index in [-0.39, 0.29) is 5.91 Å². The molecule has 1 aromatic heterocycles. The fraction of sp³-hybridized carbons (Fsp3) is 0.538. The summed E-state index contributed by atoms with van der Waals surface area (Å²) in [6.07, 6.45) is 7.64. The molecule has 5 heteroatoms. The van der Waals surface area contributed by atoms with Crippen molar-refractivity contribution in [2.45, 2.75) is 24.0 Å². The van der Waals surface area contributed by atoms with E-state index >= 15 is 0 Å². The van der Waals surface area contributed by atoms with E-state index in [4.69, 9.17) is 0 Å². The van der Waals surface area contributed by atoms with Crippen molar-refractivity contribution >= 4 is 23.5 Å². The molecule has 1 saturated carbocycles. The second-order valence-electron chi connectivity index (χ2n) is 4.57. The minimum atomic E-state index is -0.0996. The summed E-state index contributed by atoms with van der Waals surface area (Å²) in [5, 5.41) is 5.97. The molecule has 0 saturated heterocycles. The Balaban J connectivity index is 2.07. The van der Waals surface area contributed by atoms with Crippen molar-refractivity contribution in [3.05, 3.63) is 23.9 Å². The van der Waals surface area contributed by atoms with Gasteiger partial charge in [-0.25, -0.2) is 4.98 Å². The molecule has 0 spiro atoms. The lowest BCUT2D eigenvalue weighted by Crippen LogP contribution is -2.40. The number of amides is 1. The topological polar surface area (TPSA) is 54.0 Å². The smallest absolute Gasteiger partial charge is 0.254 e. The first kappa shape index (κ1) is 13.2. The molecule has 0 radical (unpaired) electrons. The van der Waals surface area contributed by atoms with Gasteiger partial charge in [0.2, 0.25) is 0 Å². The Hall–Kier alpha value is -1.23. The molecule has 0 unspecified atom stereocenters. The van der Waals surface area contributed by atoms with Crippen LogP contribution in [0.5, 0.6) is 0 Å². The number of rotatable bonds is 5. The summed E-state index contributed by atoms with van der Waals surface area (Å²) in [6, 6.07) is 3.57. The number of carbonyl (C=O) groups is 1. The number of aromatic nitrogens is 1. The molecule has 0 aliphatic heterocycles. The van der Waals surface area contributed by atoms with Crippen molar-refractivity contribution < 1.29 is 4.79 Å². The third kappa shape index (κ3) is 2.61. The zero-order chi connectivity index (χ0) is 13.0. The van der Waals surface area contributed by atoms with Gasteiger partial charge in [-0.1, -0.05) is 6.42 Å². The Bertz CT molecular complexity index is 426. The summed E-state index contributed by atoms with van der Waals surface area (Å²) in [5.74, 6) is 0.578. The number of thioether (sulfide) groups is 1. The minimum Gasteiger partial charge on any atom is -0.368 e. The molecule has 1 aromatic rings. The van der Waals surface area contributed by atoms with Crippen LogP contribution < -0.4 is 10.6 Å². The zero-order valence-corrected chi connectivity index (χ0v) is 11.6. The second kappa shape index (κ2) is 5.61. The lowest BCUT2D eigenvalue weighted by Gasteiger charge is -2.40. The third-order valence-corrected chi connectivity index (χ3v) is 4.97. The SMILES string of the molecule is CNC(=O)c1cccnc1NCC1(SC)CCC1. The Kier molecular flexibility index (Phi) is 4.11. The zero-order valence-electron chi connectivity index (χ0n) is 10.8. The lowest BCUT2D eigenvalue weighted by molar-refractivity contribution is 0.0963. The lowest BCUT2D eigenvalue weighted by atomic mass is 9.84. The largest absolute Gasteiger partial charge is 0.368 e. The average molecular weight is 265 g/mol. The maximum Gasteiger partial charge on any atom is 0.254 e. The second-order valence-corrected chi connectivity index (χ2v) is 5.85. The number of hydrogen-bond donors (Lipinski definition) is 2. The summed E-state index contributed by atoms with van der Waals surface area (Å²) in [5.41, 5.74) is 0.607. The van der Waals surface area contributed by atoms with Crippen LogP contribution in [0.4, 0.5) is 5.82 Å². The fourth-order valence-electron chi connectivity index (χ4n) is 2.13. The van der Waals surface area contributed by atoms with Crippen molar-refractivity contribution in [3.63, 3.8) is 0 Å². The highest BCUT2D eigenvalue weighted by Gasteiger charge is 2.36. The number of hydrogen-bond acceptors (Lipinski definition) is 4. The number of nitrogens with one attached hydrogen (secondary N) is 2. The van der Waals surface area contributed by atoms with Gasteiger partial charge >= 0.3 is 0 Å². The van der Waals surface area contributed by atoms with Crippen molar-refractivity contribution in [1.82, 2.24) is 10.3 Å². The van der Waals surface area contributed by atoms with Crippen LogP contribution in [-0.4, -0.2) is 35.5 Å². The molecule has 2 rings (SSSR count). The molecular weight excluding hydrogens is 246 g/mol. The predicted octanol–water partition coefficient (Wildman–Crippen LogP) is 2.14. The van der Waals surface area contributed by atoms with Gasteiger partial charge in [-0.3, -0.25) is 4.79 Å². The van der Waals surface area contributed by atoms with E-state index in [2.05, 4.69) is 21.9 Å². The molecule has 1 aliphatic carbocycles. The molecule has 1 heterocycles. The first-order valence-electron chi connectivity index (χ1n) is 6.17. The summed E-state index contributed by atoms with van der Waals surface area (Å²) in [7, 11) is 1.63. The Morgan fingerprint density at radius 2 is 2.33 bits per heavy atom. The van der Waals surface area contributed by atoms with Gasteiger partial charge in [0.15, 0.2) is 0 Å². The summed E-state index contributed by atoms with van der Waals surface area (Å²) < 4.78 is 0.331. The Morgan fingerprint density at radius 3 is 2.89 bits per heavy atom. The summed E-state index contributed by atoms with van der Waals surface area (Å²) in [6.45, 7) is 0.870. The highest BCUT2D eigenvalue weighted by molar-refractivity contribution is 8.00. The number of nitrogens with zero attached hydrogens (tertiary/aromatic N) is 1.